The second-order valence-electron chi connectivity index (χ2n) is 7.55. The highest BCUT2D eigenvalue weighted by Crippen LogP contribution is 2.22. The van der Waals surface area contributed by atoms with E-state index < -0.39 is 0 Å². The van der Waals surface area contributed by atoms with Gasteiger partial charge in [0.2, 0.25) is 0 Å². The standard InChI is InChI=1S/C24H26N2O/c27-24(26-17-15-23(16-18-26)25-22-7-4-8-22)21-13-11-20(12-14-21)10-9-19-5-2-1-3-6-19/h1-3,5-6,11-14,22-23,25H,4,7-8,15-18H2. The van der Waals surface area contributed by atoms with E-state index in [9.17, 15) is 4.79 Å². The fourth-order valence-corrected chi connectivity index (χ4v) is 3.70. The third-order valence-electron chi connectivity index (χ3n) is 5.62. The van der Waals surface area contributed by atoms with Crippen LogP contribution in [0.1, 0.15) is 53.6 Å². The summed E-state index contributed by atoms with van der Waals surface area (Å²) in [7, 11) is 0. The van der Waals surface area contributed by atoms with Gasteiger partial charge in [0, 0.05) is 41.9 Å². The lowest BCUT2D eigenvalue weighted by Crippen LogP contribution is -2.49. The molecule has 1 heterocycles. The molecule has 1 amide bonds. The predicted octanol–water partition coefficient (Wildman–Crippen LogP) is 3.83. The molecule has 2 aromatic carbocycles. The van der Waals surface area contributed by atoms with Crippen LogP contribution in [-0.4, -0.2) is 36.0 Å². The molecule has 1 saturated carbocycles. The summed E-state index contributed by atoms with van der Waals surface area (Å²) in [5.41, 5.74) is 2.68. The van der Waals surface area contributed by atoms with E-state index >= 15 is 0 Å². The highest BCUT2D eigenvalue weighted by Gasteiger charge is 2.26. The van der Waals surface area contributed by atoms with Gasteiger partial charge in [0.15, 0.2) is 0 Å². The number of rotatable bonds is 3. The van der Waals surface area contributed by atoms with Gasteiger partial charge in [-0.15, -0.1) is 0 Å². The Morgan fingerprint density at radius 3 is 2.00 bits per heavy atom. The number of nitrogens with one attached hydrogen (secondary N) is 1. The van der Waals surface area contributed by atoms with Crippen LogP contribution in [0.4, 0.5) is 0 Å². The van der Waals surface area contributed by atoms with Crippen molar-refractivity contribution in [2.24, 2.45) is 0 Å². The molecular formula is C24H26N2O. The zero-order valence-electron chi connectivity index (χ0n) is 15.7. The van der Waals surface area contributed by atoms with Gasteiger partial charge in [-0.1, -0.05) is 36.5 Å². The largest absolute Gasteiger partial charge is 0.339 e. The Morgan fingerprint density at radius 2 is 1.41 bits per heavy atom. The first-order valence-electron chi connectivity index (χ1n) is 10.0. The van der Waals surface area contributed by atoms with Crippen LogP contribution < -0.4 is 5.32 Å². The normalized spacial score (nSPS) is 17.7. The van der Waals surface area contributed by atoms with E-state index in [1.807, 2.05) is 59.5 Å². The van der Waals surface area contributed by atoms with Gasteiger partial charge in [-0.25, -0.2) is 0 Å². The van der Waals surface area contributed by atoms with E-state index in [1.165, 1.54) is 19.3 Å². The minimum atomic E-state index is 0.139. The molecule has 0 spiro atoms. The summed E-state index contributed by atoms with van der Waals surface area (Å²) in [5.74, 6) is 6.45. The molecule has 2 fully saturated rings. The van der Waals surface area contributed by atoms with Crippen LogP contribution >= 0.6 is 0 Å². The molecule has 0 aromatic heterocycles. The predicted molar refractivity (Wildman–Crippen MR) is 109 cm³/mol. The first-order valence-corrected chi connectivity index (χ1v) is 10.0. The molecule has 0 atom stereocenters. The second kappa shape index (κ2) is 8.41. The maximum Gasteiger partial charge on any atom is 0.253 e. The SMILES string of the molecule is O=C(c1ccc(C#Cc2ccccc2)cc1)N1CCC(NC2CCC2)CC1. The van der Waals surface area contributed by atoms with Crippen molar-refractivity contribution in [1.29, 1.82) is 0 Å². The van der Waals surface area contributed by atoms with Crippen molar-refractivity contribution in [2.75, 3.05) is 13.1 Å². The Balaban J connectivity index is 1.32. The summed E-state index contributed by atoms with van der Waals surface area (Å²) in [6, 6.07) is 18.9. The van der Waals surface area contributed by atoms with Gasteiger partial charge >= 0.3 is 0 Å². The molecule has 0 bridgehead atoms. The average molecular weight is 358 g/mol. The third-order valence-corrected chi connectivity index (χ3v) is 5.62. The fraction of sp³-hybridized carbons (Fsp3) is 0.375. The molecule has 1 N–H and O–H groups in total. The van der Waals surface area contributed by atoms with Gasteiger partial charge in [0.25, 0.3) is 5.91 Å². The lowest BCUT2D eigenvalue weighted by Gasteiger charge is -2.37. The van der Waals surface area contributed by atoms with E-state index in [4.69, 9.17) is 0 Å². The Kier molecular flexibility index (Phi) is 5.55. The summed E-state index contributed by atoms with van der Waals surface area (Å²) in [4.78, 5) is 14.7. The minimum Gasteiger partial charge on any atom is -0.339 e. The van der Waals surface area contributed by atoms with Gasteiger partial charge in [0.05, 0.1) is 0 Å². The van der Waals surface area contributed by atoms with Crippen LogP contribution in [0.2, 0.25) is 0 Å². The third kappa shape index (κ3) is 4.59. The molecule has 1 aliphatic heterocycles. The first kappa shape index (κ1) is 17.8. The second-order valence-corrected chi connectivity index (χ2v) is 7.55. The van der Waals surface area contributed by atoms with Crippen LogP contribution in [0.15, 0.2) is 54.6 Å². The lowest BCUT2D eigenvalue weighted by molar-refractivity contribution is 0.0697. The molecule has 2 aliphatic rings. The number of benzene rings is 2. The molecule has 4 rings (SSSR count). The number of likely N-dealkylation sites (tertiary alicyclic amines) is 1. The number of carbonyl (C=O) groups excluding carboxylic acids is 1. The summed E-state index contributed by atoms with van der Waals surface area (Å²) in [5, 5.41) is 3.74. The topological polar surface area (TPSA) is 32.3 Å². The van der Waals surface area contributed by atoms with Gasteiger partial charge in [-0.3, -0.25) is 4.79 Å². The van der Waals surface area contributed by atoms with Crippen molar-refractivity contribution in [3.05, 3.63) is 71.3 Å². The summed E-state index contributed by atoms with van der Waals surface area (Å²) >= 11 is 0. The molecule has 3 nitrogen and oxygen atoms in total. The number of piperidine rings is 1. The van der Waals surface area contributed by atoms with E-state index in [0.29, 0.717) is 6.04 Å². The Hall–Kier alpha value is -2.57. The van der Waals surface area contributed by atoms with E-state index in [1.54, 1.807) is 0 Å². The molecule has 138 valence electrons. The quantitative estimate of drug-likeness (QED) is 0.846. The van der Waals surface area contributed by atoms with E-state index in [-0.39, 0.29) is 5.91 Å². The number of amides is 1. The van der Waals surface area contributed by atoms with E-state index in [0.717, 1.165) is 48.7 Å². The van der Waals surface area contributed by atoms with Crippen LogP contribution in [0.5, 0.6) is 0 Å². The Labute approximate surface area is 161 Å². The van der Waals surface area contributed by atoms with Gasteiger partial charge in [0.1, 0.15) is 0 Å². The number of carbonyl (C=O) groups is 1. The van der Waals surface area contributed by atoms with Gasteiger partial charge in [-0.2, -0.15) is 0 Å². The molecule has 3 heteroatoms. The van der Waals surface area contributed by atoms with Crippen molar-refractivity contribution in [2.45, 2.75) is 44.2 Å². The highest BCUT2D eigenvalue weighted by molar-refractivity contribution is 5.94. The number of hydrogen-bond donors (Lipinski definition) is 1. The molecule has 1 aliphatic carbocycles. The van der Waals surface area contributed by atoms with Crippen LogP contribution in [-0.2, 0) is 0 Å². The zero-order chi connectivity index (χ0) is 18.5. The van der Waals surface area contributed by atoms with Crippen molar-refractivity contribution in [3.63, 3.8) is 0 Å². The minimum absolute atomic E-state index is 0.139. The van der Waals surface area contributed by atoms with Crippen LogP contribution in [0.3, 0.4) is 0 Å². The van der Waals surface area contributed by atoms with Crippen molar-refractivity contribution in [3.8, 4) is 11.8 Å². The number of hydrogen-bond acceptors (Lipinski definition) is 2. The summed E-state index contributed by atoms with van der Waals surface area (Å²) < 4.78 is 0. The maximum atomic E-state index is 12.8. The summed E-state index contributed by atoms with van der Waals surface area (Å²) in [6.07, 6.45) is 6.11. The monoisotopic (exact) mass is 358 g/mol. The van der Waals surface area contributed by atoms with Crippen LogP contribution in [0.25, 0.3) is 0 Å². The van der Waals surface area contributed by atoms with E-state index in [2.05, 4.69) is 17.2 Å². The molecule has 0 radical (unpaired) electrons. The van der Waals surface area contributed by atoms with Gasteiger partial charge in [-0.05, 0) is 62.1 Å². The summed E-state index contributed by atoms with van der Waals surface area (Å²) in [6.45, 7) is 1.69. The lowest BCUT2D eigenvalue weighted by atomic mass is 9.91. The first-order chi connectivity index (χ1) is 13.3. The average Bonchev–Trinajstić information content (AvgIpc) is 2.70. The molecule has 27 heavy (non-hydrogen) atoms. The molecule has 1 saturated heterocycles. The zero-order valence-corrected chi connectivity index (χ0v) is 15.7. The molecular weight excluding hydrogens is 332 g/mol. The number of nitrogens with zero attached hydrogens (tertiary/aromatic N) is 1. The fourth-order valence-electron chi connectivity index (χ4n) is 3.70. The maximum absolute atomic E-state index is 12.8. The Bertz CT molecular complexity index is 820. The Morgan fingerprint density at radius 1 is 0.815 bits per heavy atom. The van der Waals surface area contributed by atoms with Crippen molar-refractivity contribution < 1.29 is 4.79 Å². The van der Waals surface area contributed by atoms with Crippen molar-refractivity contribution in [1.82, 2.24) is 10.2 Å². The highest BCUT2D eigenvalue weighted by atomic mass is 16.2. The molecule has 0 unspecified atom stereocenters. The van der Waals surface area contributed by atoms with Gasteiger partial charge < -0.3 is 10.2 Å². The smallest absolute Gasteiger partial charge is 0.253 e. The molecule has 2 aromatic rings. The van der Waals surface area contributed by atoms with Crippen LogP contribution in [0, 0.1) is 11.8 Å². The van der Waals surface area contributed by atoms with Crippen molar-refractivity contribution >= 4 is 5.91 Å².